The van der Waals surface area contributed by atoms with E-state index in [-0.39, 0.29) is 5.75 Å². The molecule has 0 amide bonds. The van der Waals surface area contributed by atoms with Gasteiger partial charge in [-0.05, 0) is 48.6 Å². The molecule has 0 fully saturated rings. The van der Waals surface area contributed by atoms with Gasteiger partial charge in [-0.3, -0.25) is 4.98 Å². The second-order valence-corrected chi connectivity index (χ2v) is 6.61. The van der Waals surface area contributed by atoms with Crippen molar-refractivity contribution in [2.45, 2.75) is 24.7 Å². The Morgan fingerprint density at radius 2 is 1.88 bits per heavy atom. The van der Waals surface area contributed by atoms with Gasteiger partial charge in [0.25, 0.3) is 0 Å². The number of pyridine rings is 1. The first-order valence-electron chi connectivity index (χ1n) is 8.45. The molecule has 3 aromatic rings. The zero-order valence-electron chi connectivity index (χ0n) is 13.8. The highest BCUT2D eigenvalue weighted by atomic mass is 16.3. The Hall–Kier alpha value is -3.12. The number of benzene rings is 2. The average molecular weight is 326 g/mol. The third kappa shape index (κ3) is 2.77. The third-order valence-corrected chi connectivity index (χ3v) is 4.96. The van der Waals surface area contributed by atoms with Crippen LogP contribution in [-0.4, -0.2) is 10.1 Å². The van der Waals surface area contributed by atoms with E-state index in [4.69, 9.17) is 4.98 Å². The van der Waals surface area contributed by atoms with E-state index in [0.717, 1.165) is 40.9 Å². The fourth-order valence-electron chi connectivity index (χ4n) is 3.66. The zero-order chi connectivity index (χ0) is 17.3. The number of aryl methyl sites for hydroxylation is 1. The number of nitriles is 1. The van der Waals surface area contributed by atoms with Crippen LogP contribution < -0.4 is 0 Å². The van der Waals surface area contributed by atoms with Gasteiger partial charge in [-0.25, -0.2) is 0 Å². The summed E-state index contributed by atoms with van der Waals surface area (Å²) in [6, 6.07) is 23.8. The molecule has 0 bridgehead atoms. The SMILES string of the molecule is N#C[C@@]1(Cc2ccccc2)CCc2ccc(-c3cccc(O)c3)nc21. The third-order valence-electron chi connectivity index (χ3n) is 4.96. The predicted molar refractivity (Wildman–Crippen MR) is 97.1 cm³/mol. The topological polar surface area (TPSA) is 56.9 Å². The van der Waals surface area contributed by atoms with Crippen molar-refractivity contribution >= 4 is 0 Å². The summed E-state index contributed by atoms with van der Waals surface area (Å²) in [6.07, 6.45) is 2.35. The van der Waals surface area contributed by atoms with Crippen LogP contribution in [0.2, 0.25) is 0 Å². The minimum absolute atomic E-state index is 0.218. The number of aromatic hydroxyl groups is 1. The minimum atomic E-state index is -0.580. The van der Waals surface area contributed by atoms with Crippen molar-refractivity contribution in [3.8, 4) is 23.1 Å². The van der Waals surface area contributed by atoms with Crippen molar-refractivity contribution in [1.82, 2.24) is 4.98 Å². The molecule has 0 saturated heterocycles. The number of rotatable bonds is 3. The molecular weight excluding hydrogens is 308 g/mol. The van der Waals surface area contributed by atoms with Gasteiger partial charge in [0.2, 0.25) is 0 Å². The molecule has 122 valence electrons. The molecule has 3 heteroatoms. The summed E-state index contributed by atoms with van der Waals surface area (Å²) >= 11 is 0. The maximum Gasteiger partial charge on any atom is 0.116 e. The highest BCUT2D eigenvalue weighted by Crippen LogP contribution is 2.41. The number of hydrogen-bond donors (Lipinski definition) is 1. The van der Waals surface area contributed by atoms with Crippen molar-refractivity contribution in [3.05, 3.63) is 83.6 Å². The fraction of sp³-hybridized carbons (Fsp3) is 0.182. The first-order valence-corrected chi connectivity index (χ1v) is 8.45. The molecule has 1 aliphatic rings. The molecule has 25 heavy (non-hydrogen) atoms. The molecule has 0 unspecified atom stereocenters. The maximum atomic E-state index is 10.0. The highest BCUT2D eigenvalue weighted by Gasteiger charge is 2.41. The summed E-state index contributed by atoms with van der Waals surface area (Å²) in [5, 5.41) is 19.7. The van der Waals surface area contributed by atoms with Crippen LogP contribution in [0.4, 0.5) is 0 Å². The first kappa shape index (κ1) is 15.4. The lowest BCUT2D eigenvalue weighted by molar-refractivity contribution is 0.475. The van der Waals surface area contributed by atoms with E-state index in [0.29, 0.717) is 6.42 Å². The Labute approximate surface area is 147 Å². The van der Waals surface area contributed by atoms with Crippen LogP contribution >= 0.6 is 0 Å². The Bertz CT molecular complexity index is 959. The van der Waals surface area contributed by atoms with Crippen LogP contribution in [0.15, 0.2) is 66.7 Å². The number of hydrogen-bond acceptors (Lipinski definition) is 3. The molecule has 2 aromatic carbocycles. The van der Waals surface area contributed by atoms with Crippen LogP contribution in [0.25, 0.3) is 11.3 Å². The lowest BCUT2D eigenvalue weighted by Gasteiger charge is -2.22. The van der Waals surface area contributed by atoms with Crippen LogP contribution in [0, 0.1) is 11.3 Å². The number of phenols is 1. The maximum absolute atomic E-state index is 10.0. The quantitative estimate of drug-likeness (QED) is 0.776. The van der Waals surface area contributed by atoms with E-state index < -0.39 is 5.41 Å². The highest BCUT2D eigenvalue weighted by molar-refractivity contribution is 5.62. The second kappa shape index (κ2) is 6.07. The standard InChI is InChI=1S/C22H18N2O/c23-15-22(14-16-5-2-1-3-6-16)12-11-17-9-10-20(24-21(17)22)18-7-4-8-19(25)13-18/h1-10,13,25H,11-12,14H2/t22-/m0/s1. The van der Waals surface area contributed by atoms with Gasteiger partial charge in [0.1, 0.15) is 11.2 Å². The number of fused-ring (bicyclic) bond motifs is 1. The van der Waals surface area contributed by atoms with E-state index in [1.54, 1.807) is 18.2 Å². The molecule has 1 aromatic heterocycles. The molecule has 1 N–H and O–H groups in total. The van der Waals surface area contributed by atoms with Crippen molar-refractivity contribution in [1.29, 1.82) is 5.26 Å². The first-order chi connectivity index (χ1) is 12.2. The molecule has 0 aliphatic heterocycles. The van der Waals surface area contributed by atoms with Crippen LogP contribution in [0.1, 0.15) is 23.2 Å². The summed E-state index contributed by atoms with van der Waals surface area (Å²) in [5.41, 5.74) is 4.27. The van der Waals surface area contributed by atoms with Gasteiger partial charge in [0.05, 0.1) is 17.5 Å². The van der Waals surface area contributed by atoms with Crippen molar-refractivity contribution in [2.75, 3.05) is 0 Å². The average Bonchev–Trinajstić information content (AvgIpc) is 3.01. The summed E-state index contributed by atoms with van der Waals surface area (Å²) in [6.45, 7) is 0. The summed E-state index contributed by atoms with van der Waals surface area (Å²) in [7, 11) is 0. The summed E-state index contributed by atoms with van der Waals surface area (Å²) in [5.74, 6) is 0.218. The van der Waals surface area contributed by atoms with Crippen LogP contribution in [-0.2, 0) is 18.3 Å². The molecule has 1 aliphatic carbocycles. The largest absolute Gasteiger partial charge is 0.508 e. The predicted octanol–water partition coefficient (Wildman–Crippen LogP) is 4.40. The lowest BCUT2D eigenvalue weighted by atomic mass is 9.80. The van der Waals surface area contributed by atoms with Crippen LogP contribution in [0.5, 0.6) is 5.75 Å². The zero-order valence-corrected chi connectivity index (χ0v) is 13.8. The van der Waals surface area contributed by atoms with E-state index in [1.165, 1.54) is 0 Å². The number of phenolic OH excluding ortho intramolecular Hbond substituents is 1. The normalized spacial score (nSPS) is 18.5. The molecule has 0 saturated carbocycles. The van der Waals surface area contributed by atoms with Gasteiger partial charge in [0, 0.05) is 5.56 Å². The van der Waals surface area contributed by atoms with E-state index in [1.807, 2.05) is 30.3 Å². The van der Waals surface area contributed by atoms with Crippen molar-refractivity contribution in [2.24, 2.45) is 0 Å². The molecule has 1 atom stereocenters. The van der Waals surface area contributed by atoms with Gasteiger partial charge in [0.15, 0.2) is 0 Å². The second-order valence-electron chi connectivity index (χ2n) is 6.61. The lowest BCUT2D eigenvalue weighted by Crippen LogP contribution is -2.25. The van der Waals surface area contributed by atoms with E-state index >= 15 is 0 Å². The van der Waals surface area contributed by atoms with E-state index in [2.05, 4.69) is 24.3 Å². The fourth-order valence-corrected chi connectivity index (χ4v) is 3.66. The smallest absolute Gasteiger partial charge is 0.116 e. The molecule has 0 radical (unpaired) electrons. The van der Waals surface area contributed by atoms with Gasteiger partial charge in [-0.2, -0.15) is 5.26 Å². The summed E-state index contributed by atoms with van der Waals surface area (Å²) in [4.78, 5) is 4.85. The van der Waals surface area contributed by atoms with Gasteiger partial charge in [-0.15, -0.1) is 0 Å². The van der Waals surface area contributed by atoms with Crippen molar-refractivity contribution < 1.29 is 5.11 Å². The molecule has 1 heterocycles. The van der Waals surface area contributed by atoms with Gasteiger partial charge >= 0.3 is 0 Å². The Balaban J connectivity index is 1.78. The molecule has 4 rings (SSSR count). The van der Waals surface area contributed by atoms with Crippen molar-refractivity contribution in [3.63, 3.8) is 0 Å². The monoisotopic (exact) mass is 326 g/mol. The summed E-state index contributed by atoms with van der Waals surface area (Å²) < 4.78 is 0. The Morgan fingerprint density at radius 1 is 1.04 bits per heavy atom. The Kier molecular flexibility index (Phi) is 3.74. The Morgan fingerprint density at radius 3 is 2.64 bits per heavy atom. The van der Waals surface area contributed by atoms with E-state index in [9.17, 15) is 10.4 Å². The van der Waals surface area contributed by atoms with Crippen LogP contribution in [0.3, 0.4) is 0 Å². The number of nitrogens with zero attached hydrogens (tertiary/aromatic N) is 2. The molecule has 0 spiro atoms. The number of aromatic nitrogens is 1. The molecular formula is C22H18N2O. The van der Waals surface area contributed by atoms with Gasteiger partial charge < -0.3 is 5.11 Å². The minimum Gasteiger partial charge on any atom is -0.508 e. The van der Waals surface area contributed by atoms with Gasteiger partial charge in [-0.1, -0.05) is 48.5 Å². The molecule has 3 nitrogen and oxygen atoms in total.